The molecule has 0 N–H and O–H groups in total. The van der Waals surface area contributed by atoms with Gasteiger partial charge < -0.3 is 9.64 Å². The number of rotatable bonds is 3. The van der Waals surface area contributed by atoms with Crippen LogP contribution in [0.25, 0.3) is 10.2 Å². The lowest BCUT2D eigenvalue weighted by molar-refractivity contribution is 0.398. The van der Waals surface area contributed by atoms with Gasteiger partial charge in [0.15, 0.2) is 5.82 Å². The topological polar surface area (TPSA) is 51.1 Å². The van der Waals surface area contributed by atoms with Gasteiger partial charge in [-0.25, -0.2) is 4.98 Å². The fourth-order valence-corrected chi connectivity index (χ4v) is 2.53. The molecule has 0 saturated carbocycles. The number of hydrogen-bond acceptors (Lipinski definition) is 6. The molecule has 2 aromatic rings. The molecule has 0 amide bonds. The number of ether oxygens (including phenoxy) is 1. The molecule has 6 heteroatoms. The molecule has 2 heterocycles. The Morgan fingerprint density at radius 2 is 1.94 bits per heavy atom. The number of anilines is 1. The second-order valence-electron chi connectivity index (χ2n) is 4.31. The molecule has 0 fully saturated rings. The highest BCUT2D eigenvalue weighted by molar-refractivity contribution is 7.19. The summed E-state index contributed by atoms with van der Waals surface area (Å²) in [6.45, 7) is 4.25. The van der Waals surface area contributed by atoms with Gasteiger partial charge >= 0.3 is 0 Å². The maximum Gasteiger partial charge on any atom is 0.253 e. The Hall–Kier alpha value is -1.43. The van der Waals surface area contributed by atoms with Crippen LogP contribution in [0, 0.1) is 0 Å². The molecule has 2 rings (SSSR count). The van der Waals surface area contributed by atoms with Gasteiger partial charge in [-0.2, -0.15) is 0 Å². The Balaban J connectivity index is 2.72. The number of thiazole rings is 1. The van der Waals surface area contributed by atoms with E-state index in [4.69, 9.17) is 4.74 Å². The maximum absolute atomic E-state index is 5.23. The zero-order chi connectivity index (χ0) is 12.6. The minimum absolute atomic E-state index is 0.395. The molecule has 0 saturated heterocycles. The summed E-state index contributed by atoms with van der Waals surface area (Å²) in [4.78, 5) is 6.55. The van der Waals surface area contributed by atoms with Crippen LogP contribution in [0.1, 0.15) is 24.8 Å². The highest BCUT2D eigenvalue weighted by Crippen LogP contribution is 2.35. The molecule has 0 spiro atoms. The minimum Gasteiger partial charge on any atom is -0.479 e. The molecule has 0 bridgehead atoms. The SMILES string of the molecule is COc1nnc(N(C)C)c2nc(C(C)C)sc12. The molecule has 0 aliphatic rings. The van der Waals surface area contributed by atoms with Crippen molar-refractivity contribution in [3.05, 3.63) is 5.01 Å². The Kier molecular flexibility index (Phi) is 3.15. The largest absolute Gasteiger partial charge is 0.479 e. The molecule has 0 aliphatic carbocycles. The zero-order valence-corrected chi connectivity index (χ0v) is 11.5. The van der Waals surface area contributed by atoms with Gasteiger partial charge in [-0.05, 0) is 0 Å². The summed E-state index contributed by atoms with van der Waals surface area (Å²) in [5.41, 5.74) is 0.871. The smallest absolute Gasteiger partial charge is 0.253 e. The van der Waals surface area contributed by atoms with Crippen LogP contribution in [0.2, 0.25) is 0 Å². The van der Waals surface area contributed by atoms with Gasteiger partial charge in [0.05, 0.1) is 12.1 Å². The number of fused-ring (bicyclic) bond motifs is 1. The first-order chi connectivity index (χ1) is 8.04. The Labute approximate surface area is 104 Å². The summed E-state index contributed by atoms with van der Waals surface area (Å²) in [6, 6.07) is 0. The Bertz CT molecular complexity index is 535. The van der Waals surface area contributed by atoms with E-state index in [0.29, 0.717) is 11.8 Å². The van der Waals surface area contributed by atoms with Crippen LogP contribution < -0.4 is 9.64 Å². The monoisotopic (exact) mass is 252 g/mol. The van der Waals surface area contributed by atoms with Gasteiger partial charge in [0, 0.05) is 20.0 Å². The first-order valence-corrected chi connectivity index (χ1v) is 6.24. The van der Waals surface area contributed by atoms with E-state index in [2.05, 4.69) is 29.0 Å². The minimum atomic E-state index is 0.395. The predicted molar refractivity (Wildman–Crippen MR) is 70.2 cm³/mol. The van der Waals surface area contributed by atoms with Crippen LogP contribution in [-0.2, 0) is 0 Å². The first-order valence-electron chi connectivity index (χ1n) is 5.43. The van der Waals surface area contributed by atoms with Crippen molar-refractivity contribution < 1.29 is 4.74 Å². The number of aromatic nitrogens is 3. The van der Waals surface area contributed by atoms with Crippen LogP contribution in [0.15, 0.2) is 0 Å². The van der Waals surface area contributed by atoms with Crippen molar-refractivity contribution in [2.45, 2.75) is 19.8 Å². The van der Waals surface area contributed by atoms with E-state index in [-0.39, 0.29) is 0 Å². The molecular weight excluding hydrogens is 236 g/mol. The summed E-state index contributed by atoms with van der Waals surface area (Å²) in [5, 5.41) is 9.30. The lowest BCUT2D eigenvalue weighted by atomic mass is 10.2. The zero-order valence-electron chi connectivity index (χ0n) is 10.7. The third-order valence-corrected chi connectivity index (χ3v) is 3.74. The average molecular weight is 252 g/mol. The number of methoxy groups -OCH3 is 1. The summed E-state index contributed by atoms with van der Waals surface area (Å²) < 4.78 is 6.20. The molecule has 92 valence electrons. The van der Waals surface area contributed by atoms with Crippen LogP contribution >= 0.6 is 11.3 Å². The normalized spacial score (nSPS) is 11.2. The van der Waals surface area contributed by atoms with Crippen LogP contribution in [-0.4, -0.2) is 36.4 Å². The molecule has 0 unspecified atom stereocenters. The maximum atomic E-state index is 5.23. The number of hydrogen-bond donors (Lipinski definition) is 0. The third-order valence-electron chi connectivity index (χ3n) is 2.40. The van der Waals surface area contributed by atoms with E-state index in [1.165, 1.54) is 0 Å². The molecule has 0 aliphatic heterocycles. The molecule has 0 atom stereocenters. The van der Waals surface area contributed by atoms with Crippen LogP contribution in [0.4, 0.5) is 5.82 Å². The van der Waals surface area contributed by atoms with E-state index >= 15 is 0 Å². The number of nitrogens with zero attached hydrogens (tertiary/aromatic N) is 4. The predicted octanol–water partition coefficient (Wildman–Crippen LogP) is 2.28. The molecule has 2 aromatic heterocycles. The van der Waals surface area contributed by atoms with Crippen LogP contribution in [0.5, 0.6) is 5.88 Å². The van der Waals surface area contributed by atoms with Crippen LogP contribution in [0.3, 0.4) is 0 Å². The lowest BCUT2D eigenvalue weighted by Gasteiger charge is -2.10. The van der Waals surface area contributed by atoms with Gasteiger partial charge in [-0.3, -0.25) is 0 Å². The third kappa shape index (κ3) is 2.04. The molecule has 17 heavy (non-hydrogen) atoms. The lowest BCUT2D eigenvalue weighted by Crippen LogP contribution is -2.12. The van der Waals surface area contributed by atoms with Gasteiger partial charge in [0.2, 0.25) is 0 Å². The average Bonchev–Trinajstić information content (AvgIpc) is 2.71. The van der Waals surface area contributed by atoms with Crippen molar-refractivity contribution in [2.24, 2.45) is 0 Å². The standard InChI is InChI=1S/C11H16N4OS/c1-6(2)11-12-7-8(17-11)10(16-5)14-13-9(7)15(3)4/h6H,1-5H3. The van der Waals surface area contributed by atoms with Crippen molar-refractivity contribution in [1.82, 2.24) is 15.2 Å². The van der Waals surface area contributed by atoms with Crippen molar-refractivity contribution >= 4 is 27.4 Å². The van der Waals surface area contributed by atoms with Crippen molar-refractivity contribution in [3.63, 3.8) is 0 Å². The highest BCUT2D eigenvalue weighted by atomic mass is 32.1. The van der Waals surface area contributed by atoms with Crippen molar-refractivity contribution in [1.29, 1.82) is 0 Å². The van der Waals surface area contributed by atoms with E-state index in [1.54, 1.807) is 18.4 Å². The van der Waals surface area contributed by atoms with Gasteiger partial charge in [0.25, 0.3) is 5.88 Å². The van der Waals surface area contributed by atoms with Crippen molar-refractivity contribution in [2.75, 3.05) is 26.1 Å². The van der Waals surface area contributed by atoms with E-state index in [1.807, 2.05) is 19.0 Å². The Morgan fingerprint density at radius 3 is 2.47 bits per heavy atom. The summed E-state index contributed by atoms with van der Waals surface area (Å²) in [7, 11) is 5.47. The fraction of sp³-hybridized carbons (Fsp3) is 0.545. The molecule has 0 radical (unpaired) electrons. The summed E-state index contributed by atoms with van der Waals surface area (Å²) in [6.07, 6.45) is 0. The molecular formula is C11H16N4OS. The first kappa shape index (κ1) is 12.0. The fourth-order valence-electron chi connectivity index (χ4n) is 1.50. The van der Waals surface area contributed by atoms with Crippen molar-refractivity contribution in [3.8, 4) is 5.88 Å². The quantitative estimate of drug-likeness (QED) is 0.839. The Morgan fingerprint density at radius 1 is 1.24 bits per heavy atom. The van der Waals surface area contributed by atoms with E-state index in [0.717, 1.165) is 21.0 Å². The summed E-state index contributed by atoms with van der Waals surface area (Å²) in [5.74, 6) is 1.73. The highest BCUT2D eigenvalue weighted by Gasteiger charge is 2.17. The van der Waals surface area contributed by atoms with E-state index in [9.17, 15) is 0 Å². The van der Waals surface area contributed by atoms with Gasteiger partial charge in [-0.15, -0.1) is 21.5 Å². The van der Waals surface area contributed by atoms with Gasteiger partial charge in [0.1, 0.15) is 10.2 Å². The second-order valence-corrected chi connectivity index (χ2v) is 5.34. The summed E-state index contributed by atoms with van der Waals surface area (Å²) >= 11 is 1.62. The molecule has 5 nitrogen and oxygen atoms in total. The molecule has 0 aromatic carbocycles. The second kappa shape index (κ2) is 4.44. The van der Waals surface area contributed by atoms with E-state index < -0.39 is 0 Å². The van der Waals surface area contributed by atoms with Gasteiger partial charge in [-0.1, -0.05) is 13.8 Å².